The molecule has 0 aliphatic carbocycles. The molecule has 0 saturated carbocycles. The highest BCUT2D eigenvalue weighted by atomic mass is 19.4. The van der Waals surface area contributed by atoms with Gasteiger partial charge in [0, 0.05) is 25.7 Å². The summed E-state index contributed by atoms with van der Waals surface area (Å²) in [5.41, 5.74) is -0.833. The van der Waals surface area contributed by atoms with Crippen LogP contribution in [-0.2, 0) is 6.18 Å². The molecular weight excluding hydrogens is 231 g/mol. The van der Waals surface area contributed by atoms with Gasteiger partial charge < -0.3 is 10.2 Å². The summed E-state index contributed by atoms with van der Waals surface area (Å²) in [4.78, 5) is 5.59. The number of hydrogen-bond donors (Lipinski definition) is 1. The van der Waals surface area contributed by atoms with Gasteiger partial charge in [0.15, 0.2) is 0 Å². The smallest absolute Gasteiger partial charge is 0.351 e. The Kier molecular flexibility index (Phi) is 3.24. The monoisotopic (exact) mass is 245 g/mol. The quantitative estimate of drug-likeness (QED) is 0.819. The normalized spacial score (nSPS) is 21.6. The maximum Gasteiger partial charge on any atom is 0.433 e. The molecule has 1 aromatic heterocycles. The van der Waals surface area contributed by atoms with Gasteiger partial charge >= 0.3 is 6.18 Å². The van der Waals surface area contributed by atoms with E-state index >= 15 is 0 Å². The molecule has 1 aliphatic heterocycles. The number of halogens is 3. The molecular formula is C11H14F3N3. The minimum atomic E-state index is -4.38. The van der Waals surface area contributed by atoms with Crippen LogP contribution < -0.4 is 10.2 Å². The van der Waals surface area contributed by atoms with Crippen LogP contribution in [0.4, 0.5) is 19.0 Å². The van der Waals surface area contributed by atoms with Gasteiger partial charge in [0.1, 0.15) is 11.5 Å². The Bertz CT molecular complexity index is 392. The van der Waals surface area contributed by atoms with Gasteiger partial charge in [-0.2, -0.15) is 13.2 Å². The third-order valence-corrected chi connectivity index (χ3v) is 2.82. The van der Waals surface area contributed by atoms with Crippen molar-refractivity contribution >= 4 is 5.82 Å². The van der Waals surface area contributed by atoms with Crippen molar-refractivity contribution in [3.8, 4) is 0 Å². The van der Waals surface area contributed by atoms with E-state index in [1.807, 2.05) is 11.8 Å². The lowest BCUT2D eigenvalue weighted by atomic mass is 10.2. The molecule has 17 heavy (non-hydrogen) atoms. The molecule has 0 spiro atoms. The molecule has 0 radical (unpaired) electrons. The predicted molar refractivity (Wildman–Crippen MR) is 58.9 cm³/mol. The molecule has 3 nitrogen and oxygen atoms in total. The van der Waals surface area contributed by atoms with Crippen molar-refractivity contribution in [1.29, 1.82) is 0 Å². The SMILES string of the molecule is CC1CNCCN1c1cccc(C(F)(F)F)n1. The average Bonchev–Trinajstić information content (AvgIpc) is 2.29. The summed E-state index contributed by atoms with van der Waals surface area (Å²) >= 11 is 0. The van der Waals surface area contributed by atoms with Gasteiger partial charge in [0.05, 0.1) is 0 Å². The van der Waals surface area contributed by atoms with Crippen LogP contribution >= 0.6 is 0 Å². The van der Waals surface area contributed by atoms with Crippen molar-refractivity contribution in [2.45, 2.75) is 19.1 Å². The van der Waals surface area contributed by atoms with E-state index in [0.717, 1.165) is 19.2 Å². The number of anilines is 1. The minimum Gasteiger partial charge on any atom is -0.351 e. The molecule has 6 heteroatoms. The van der Waals surface area contributed by atoms with Crippen LogP contribution in [0.15, 0.2) is 18.2 Å². The molecule has 0 amide bonds. The molecule has 94 valence electrons. The summed E-state index contributed by atoms with van der Waals surface area (Å²) in [6, 6.07) is 4.17. The second kappa shape index (κ2) is 4.52. The van der Waals surface area contributed by atoms with Crippen molar-refractivity contribution in [1.82, 2.24) is 10.3 Å². The fraction of sp³-hybridized carbons (Fsp3) is 0.545. The van der Waals surface area contributed by atoms with Crippen molar-refractivity contribution in [2.75, 3.05) is 24.5 Å². The maximum absolute atomic E-state index is 12.5. The number of piperazine rings is 1. The van der Waals surface area contributed by atoms with Crippen molar-refractivity contribution in [3.63, 3.8) is 0 Å². The highest BCUT2D eigenvalue weighted by Crippen LogP contribution is 2.29. The van der Waals surface area contributed by atoms with Gasteiger partial charge in [-0.3, -0.25) is 0 Å². The molecule has 2 rings (SSSR count). The topological polar surface area (TPSA) is 28.2 Å². The average molecular weight is 245 g/mol. The Morgan fingerprint density at radius 1 is 1.41 bits per heavy atom. The van der Waals surface area contributed by atoms with Gasteiger partial charge in [0.25, 0.3) is 0 Å². The fourth-order valence-electron chi connectivity index (χ4n) is 1.92. The largest absolute Gasteiger partial charge is 0.433 e. The Balaban J connectivity index is 2.26. The second-order valence-corrected chi connectivity index (χ2v) is 4.13. The van der Waals surface area contributed by atoms with Crippen LogP contribution in [-0.4, -0.2) is 30.7 Å². The highest BCUT2D eigenvalue weighted by Gasteiger charge is 2.33. The summed E-state index contributed by atoms with van der Waals surface area (Å²) in [6.45, 7) is 4.17. The molecule has 0 bridgehead atoms. The van der Waals surface area contributed by atoms with Crippen LogP contribution in [0.1, 0.15) is 12.6 Å². The van der Waals surface area contributed by atoms with Crippen LogP contribution in [0.2, 0.25) is 0 Å². The van der Waals surface area contributed by atoms with Crippen LogP contribution in [0.5, 0.6) is 0 Å². The zero-order valence-corrected chi connectivity index (χ0v) is 9.46. The number of alkyl halides is 3. The van der Waals surface area contributed by atoms with E-state index in [1.165, 1.54) is 6.07 Å². The Hall–Kier alpha value is -1.30. The van der Waals surface area contributed by atoms with Crippen molar-refractivity contribution in [3.05, 3.63) is 23.9 Å². The standard InChI is InChI=1S/C11H14F3N3/c1-8-7-15-5-6-17(8)10-4-2-3-9(16-10)11(12,13)14/h2-4,8,15H,5-7H2,1H3. The number of nitrogens with one attached hydrogen (secondary N) is 1. The number of rotatable bonds is 1. The van der Waals surface area contributed by atoms with Crippen molar-refractivity contribution < 1.29 is 13.2 Å². The molecule has 2 heterocycles. The third-order valence-electron chi connectivity index (χ3n) is 2.82. The lowest BCUT2D eigenvalue weighted by molar-refractivity contribution is -0.141. The van der Waals surface area contributed by atoms with Gasteiger partial charge in [-0.1, -0.05) is 6.07 Å². The summed E-state index contributed by atoms with van der Waals surface area (Å²) in [7, 11) is 0. The van der Waals surface area contributed by atoms with Crippen molar-refractivity contribution in [2.24, 2.45) is 0 Å². The van der Waals surface area contributed by atoms with Gasteiger partial charge in [-0.15, -0.1) is 0 Å². The minimum absolute atomic E-state index is 0.153. The summed E-state index contributed by atoms with van der Waals surface area (Å²) < 4.78 is 37.6. The van der Waals surface area contributed by atoms with Crippen LogP contribution in [0.25, 0.3) is 0 Å². The molecule has 1 fully saturated rings. The van der Waals surface area contributed by atoms with Gasteiger partial charge in [0.2, 0.25) is 0 Å². The van der Waals surface area contributed by atoms with Crippen LogP contribution in [0.3, 0.4) is 0 Å². The highest BCUT2D eigenvalue weighted by molar-refractivity contribution is 5.41. The molecule has 1 atom stereocenters. The Morgan fingerprint density at radius 3 is 2.82 bits per heavy atom. The second-order valence-electron chi connectivity index (χ2n) is 4.13. The van der Waals surface area contributed by atoms with E-state index in [-0.39, 0.29) is 6.04 Å². The molecule has 1 N–H and O–H groups in total. The van der Waals surface area contributed by atoms with E-state index in [0.29, 0.717) is 12.4 Å². The zero-order valence-electron chi connectivity index (χ0n) is 9.46. The Labute approximate surface area is 97.6 Å². The predicted octanol–water partition coefficient (Wildman–Crippen LogP) is 1.90. The summed E-state index contributed by atoms with van der Waals surface area (Å²) in [6.07, 6.45) is -4.38. The molecule has 1 saturated heterocycles. The number of nitrogens with zero attached hydrogens (tertiary/aromatic N) is 2. The lowest BCUT2D eigenvalue weighted by Crippen LogP contribution is -2.50. The van der Waals surface area contributed by atoms with E-state index in [4.69, 9.17) is 0 Å². The van der Waals surface area contributed by atoms with Gasteiger partial charge in [-0.05, 0) is 19.1 Å². The maximum atomic E-state index is 12.5. The summed E-state index contributed by atoms with van der Waals surface area (Å²) in [5, 5.41) is 3.19. The molecule has 1 aliphatic rings. The zero-order chi connectivity index (χ0) is 12.5. The number of hydrogen-bond acceptors (Lipinski definition) is 3. The first kappa shape index (κ1) is 12.2. The molecule has 0 aromatic carbocycles. The van der Waals surface area contributed by atoms with E-state index < -0.39 is 11.9 Å². The fourth-order valence-corrected chi connectivity index (χ4v) is 1.92. The first-order chi connectivity index (χ1) is 7.98. The summed E-state index contributed by atoms with van der Waals surface area (Å²) in [5.74, 6) is 0.397. The van der Waals surface area contributed by atoms with E-state index in [2.05, 4.69) is 10.3 Å². The van der Waals surface area contributed by atoms with Gasteiger partial charge in [-0.25, -0.2) is 4.98 Å². The molecule has 1 unspecified atom stereocenters. The first-order valence-electron chi connectivity index (χ1n) is 5.50. The number of aromatic nitrogens is 1. The first-order valence-corrected chi connectivity index (χ1v) is 5.50. The lowest BCUT2D eigenvalue weighted by Gasteiger charge is -2.35. The van der Waals surface area contributed by atoms with E-state index in [9.17, 15) is 13.2 Å². The third kappa shape index (κ3) is 2.69. The van der Waals surface area contributed by atoms with Crippen LogP contribution in [0, 0.1) is 0 Å². The Morgan fingerprint density at radius 2 is 2.18 bits per heavy atom. The number of pyridine rings is 1. The molecule has 1 aromatic rings. The van der Waals surface area contributed by atoms with E-state index in [1.54, 1.807) is 6.07 Å².